The highest BCUT2D eigenvalue weighted by atomic mass is 19.1. The van der Waals surface area contributed by atoms with E-state index in [1.165, 1.54) is 5.56 Å². The minimum atomic E-state index is -0.140. The molecule has 2 aromatic rings. The van der Waals surface area contributed by atoms with Crippen molar-refractivity contribution in [2.24, 2.45) is 7.05 Å². The van der Waals surface area contributed by atoms with Crippen LogP contribution in [-0.4, -0.2) is 4.57 Å². The Kier molecular flexibility index (Phi) is 2.10. The highest BCUT2D eigenvalue weighted by molar-refractivity contribution is 5.84. The van der Waals surface area contributed by atoms with Gasteiger partial charge in [0.1, 0.15) is 5.82 Å². The number of fused-ring (bicyclic) bond motifs is 1. The van der Waals surface area contributed by atoms with Crippen LogP contribution < -0.4 is 0 Å². The first-order valence-corrected chi connectivity index (χ1v) is 5.15. The smallest absolute Gasteiger partial charge is 0.148 e. The monoisotopic (exact) mass is 205 g/mol. The molecule has 15 heavy (non-hydrogen) atoms. The number of aromatic nitrogens is 1. The van der Waals surface area contributed by atoms with Crippen LogP contribution in [0.1, 0.15) is 26.3 Å². The van der Waals surface area contributed by atoms with Crippen molar-refractivity contribution in [3.8, 4) is 0 Å². The molecule has 0 spiro atoms. The van der Waals surface area contributed by atoms with E-state index in [9.17, 15) is 4.39 Å². The maximum absolute atomic E-state index is 13.6. The predicted molar refractivity (Wildman–Crippen MR) is 61.6 cm³/mol. The Labute approximate surface area is 89.5 Å². The summed E-state index contributed by atoms with van der Waals surface area (Å²) in [6, 6.07) is 5.83. The Bertz CT molecular complexity index is 503. The molecule has 2 heteroatoms. The van der Waals surface area contributed by atoms with E-state index in [0.717, 1.165) is 5.52 Å². The van der Waals surface area contributed by atoms with Crippen LogP contribution in [0.15, 0.2) is 24.4 Å². The second-order valence-corrected chi connectivity index (χ2v) is 5.04. The number of nitrogens with zero attached hydrogens (tertiary/aromatic N) is 1. The quantitative estimate of drug-likeness (QED) is 0.619. The zero-order valence-corrected chi connectivity index (χ0v) is 9.63. The van der Waals surface area contributed by atoms with E-state index in [-0.39, 0.29) is 11.2 Å². The first kappa shape index (κ1) is 10.2. The van der Waals surface area contributed by atoms with Gasteiger partial charge in [0.05, 0.1) is 5.52 Å². The van der Waals surface area contributed by atoms with E-state index in [2.05, 4.69) is 26.8 Å². The molecule has 0 aliphatic carbocycles. The first-order valence-electron chi connectivity index (χ1n) is 5.15. The maximum Gasteiger partial charge on any atom is 0.148 e. The van der Waals surface area contributed by atoms with Gasteiger partial charge in [-0.05, 0) is 17.0 Å². The zero-order valence-electron chi connectivity index (χ0n) is 9.63. The number of rotatable bonds is 0. The first-order chi connectivity index (χ1) is 6.91. The summed E-state index contributed by atoms with van der Waals surface area (Å²) < 4.78 is 15.4. The predicted octanol–water partition coefficient (Wildman–Crippen LogP) is 3.61. The van der Waals surface area contributed by atoms with Crippen LogP contribution in [0.5, 0.6) is 0 Å². The van der Waals surface area contributed by atoms with Gasteiger partial charge in [0.25, 0.3) is 0 Å². The third-order valence-electron chi connectivity index (χ3n) is 2.76. The highest BCUT2D eigenvalue weighted by Crippen LogP contribution is 2.31. The topological polar surface area (TPSA) is 4.93 Å². The van der Waals surface area contributed by atoms with Crippen molar-refractivity contribution in [3.05, 3.63) is 35.8 Å². The molecule has 0 atom stereocenters. The number of aryl methyl sites for hydroxylation is 1. The van der Waals surface area contributed by atoms with Crippen molar-refractivity contribution in [3.63, 3.8) is 0 Å². The van der Waals surface area contributed by atoms with Gasteiger partial charge in [-0.15, -0.1) is 0 Å². The minimum Gasteiger partial charge on any atom is -0.347 e. The molecule has 0 saturated carbocycles. The van der Waals surface area contributed by atoms with Gasteiger partial charge in [0, 0.05) is 18.6 Å². The summed E-state index contributed by atoms with van der Waals surface area (Å²) >= 11 is 0. The molecule has 0 saturated heterocycles. The highest BCUT2D eigenvalue weighted by Gasteiger charge is 2.19. The molecule has 2 rings (SSSR count). The molecule has 0 bridgehead atoms. The fraction of sp³-hybridized carbons (Fsp3) is 0.385. The lowest BCUT2D eigenvalue weighted by molar-refractivity contribution is 0.592. The van der Waals surface area contributed by atoms with Gasteiger partial charge < -0.3 is 4.57 Å². The average molecular weight is 205 g/mol. The van der Waals surface area contributed by atoms with E-state index in [1.807, 2.05) is 23.7 Å². The van der Waals surface area contributed by atoms with Crippen molar-refractivity contribution in [2.75, 3.05) is 0 Å². The van der Waals surface area contributed by atoms with Crippen molar-refractivity contribution >= 4 is 10.9 Å². The van der Waals surface area contributed by atoms with Gasteiger partial charge in [0.2, 0.25) is 0 Å². The van der Waals surface area contributed by atoms with E-state index in [0.29, 0.717) is 5.39 Å². The van der Waals surface area contributed by atoms with Gasteiger partial charge in [0.15, 0.2) is 0 Å². The molecule has 1 aromatic heterocycles. The summed E-state index contributed by atoms with van der Waals surface area (Å²) in [4.78, 5) is 0. The SMILES string of the molecule is Cn1cc(F)c2cccc(C(C)(C)C)c21. The summed E-state index contributed by atoms with van der Waals surface area (Å²) in [7, 11) is 1.89. The number of hydrogen-bond donors (Lipinski definition) is 0. The standard InChI is InChI=1S/C13H16FN/c1-13(2,3)10-7-5-6-9-11(14)8-15(4)12(9)10/h5-8H,1-4H3. The molecule has 0 aliphatic heterocycles. The van der Waals surface area contributed by atoms with Crippen molar-refractivity contribution in [1.82, 2.24) is 4.57 Å². The Balaban J connectivity index is 2.87. The molecule has 1 aromatic carbocycles. The molecule has 1 nitrogen and oxygen atoms in total. The molecule has 0 fully saturated rings. The summed E-state index contributed by atoms with van der Waals surface area (Å²) in [5, 5.41) is 0.713. The van der Waals surface area contributed by atoms with Gasteiger partial charge >= 0.3 is 0 Å². The van der Waals surface area contributed by atoms with Crippen molar-refractivity contribution in [2.45, 2.75) is 26.2 Å². The van der Waals surface area contributed by atoms with Gasteiger partial charge in [-0.25, -0.2) is 4.39 Å². The summed E-state index contributed by atoms with van der Waals surface area (Å²) in [5.41, 5.74) is 2.23. The van der Waals surface area contributed by atoms with Gasteiger partial charge in [-0.3, -0.25) is 0 Å². The Morgan fingerprint density at radius 2 is 1.87 bits per heavy atom. The second kappa shape index (κ2) is 3.09. The lowest BCUT2D eigenvalue weighted by atomic mass is 9.86. The van der Waals surface area contributed by atoms with Crippen LogP contribution in [0.4, 0.5) is 4.39 Å². The lowest BCUT2D eigenvalue weighted by Gasteiger charge is -2.20. The Morgan fingerprint density at radius 3 is 2.47 bits per heavy atom. The molecule has 0 amide bonds. The van der Waals surface area contributed by atoms with Crippen LogP contribution in [0.25, 0.3) is 10.9 Å². The molecule has 1 heterocycles. The maximum atomic E-state index is 13.6. The summed E-state index contributed by atoms with van der Waals surface area (Å²) in [6.07, 6.45) is 1.54. The van der Waals surface area contributed by atoms with E-state index < -0.39 is 0 Å². The molecule has 80 valence electrons. The number of halogens is 1. The van der Waals surface area contributed by atoms with Gasteiger partial charge in [-0.1, -0.05) is 32.9 Å². The second-order valence-electron chi connectivity index (χ2n) is 5.04. The van der Waals surface area contributed by atoms with E-state index in [1.54, 1.807) is 6.20 Å². The van der Waals surface area contributed by atoms with Crippen molar-refractivity contribution < 1.29 is 4.39 Å². The van der Waals surface area contributed by atoms with Crippen LogP contribution in [0.2, 0.25) is 0 Å². The minimum absolute atomic E-state index is 0.0397. The van der Waals surface area contributed by atoms with Gasteiger partial charge in [-0.2, -0.15) is 0 Å². The molecular weight excluding hydrogens is 189 g/mol. The third kappa shape index (κ3) is 1.54. The molecule has 0 radical (unpaired) electrons. The lowest BCUT2D eigenvalue weighted by Crippen LogP contribution is -2.12. The van der Waals surface area contributed by atoms with Crippen LogP contribution >= 0.6 is 0 Å². The summed E-state index contributed by atoms with van der Waals surface area (Å²) in [5.74, 6) is -0.140. The number of hydrogen-bond acceptors (Lipinski definition) is 0. The average Bonchev–Trinajstić information content (AvgIpc) is 2.41. The van der Waals surface area contributed by atoms with Crippen LogP contribution in [-0.2, 0) is 12.5 Å². The van der Waals surface area contributed by atoms with Crippen molar-refractivity contribution in [1.29, 1.82) is 0 Å². The number of para-hydroxylation sites is 1. The Hall–Kier alpha value is -1.31. The summed E-state index contributed by atoms with van der Waals surface area (Å²) in [6.45, 7) is 6.44. The molecule has 0 unspecified atom stereocenters. The fourth-order valence-corrected chi connectivity index (χ4v) is 2.03. The third-order valence-corrected chi connectivity index (χ3v) is 2.76. The molecular formula is C13H16FN. The van der Waals surface area contributed by atoms with Crippen LogP contribution in [0, 0.1) is 5.82 Å². The van der Waals surface area contributed by atoms with Crippen LogP contribution in [0.3, 0.4) is 0 Å². The fourth-order valence-electron chi connectivity index (χ4n) is 2.03. The molecule has 0 N–H and O–H groups in total. The number of benzene rings is 1. The largest absolute Gasteiger partial charge is 0.347 e. The Morgan fingerprint density at radius 1 is 1.20 bits per heavy atom. The van der Waals surface area contributed by atoms with E-state index in [4.69, 9.17) is 0 Å². The molecule has 0 aliphatic rings. The normalized spacial score (nSPS) is 12.3. The van der Waals surface area contributed by atoms with E-state index >= 15 is 0 Å². The zero-order chi connectivity index (χ0) is 11.2.